The monoisotopic (exact) mass is 428 g/mol. The van der Waals surface area contributed by atoms with E-state index in [1.807, 2.05) is 18.2 Å². The molecule has 2 N–H and O–H groups in total. The summed E-state index contributed by atoms with van der Waals surface area (Å²) in [6.07, 6.45) is 3.47. The fourth-order valence-corrected chi connectivity index (χ4v) is 5.01. The zero-order valence-electron chi connectivity index (χ0n) is 15.8. The normalized spacial score (nSPS) is 14.0. The number of aromatic nitrogens is 2. The van der Waals surface area contributed by atoms with Gasteiger partial charge in [-0.15, -0.1) is 11.3 Å². The van der Waals surface area contributed by atoms with E-state index in [-0.39, 0.29) is 16.8 Å². The van der Waals surface area contributed by atoms with E-state index in [1.54, 1.807) is 37.4 Å². The Bertz CT molecular complexity index is 1120. The number of carbonyl (C=O) groups is 1. The van der Waals surface area contributed by atoms with Crippen molar-refractivity contribution in [3.63, 3.8) is 0 Å². The maximum Gasteiger partial charge on any atom is 0.263 e. The van der Waals surface area contributed by atoms with E-state index in [4.69, 9.17) is 0 Å². The number of hydrogen-bond acceptors (Lipinski definition) is 6. The van der Waals surface area contributed by atoms with Gasteiger partial charge in [-0.05, 0) is 49.6 Å². The number of benzene rings is 1. The van der Waals surface area contributed by atoms with Crippen molar-refractivity contribution >= 4 is 27.3 Å². The largest absolute Gasteiger partial charge is 0.347 e. The van der Waals surface area contributed by atoms with Crippen molar-refractivity contribution in [1.82, 2.24) is 20.0 Å². The highest BCUT2D eigenvalue weighted by Gasteiger charge is 2.27. The maximum atomic E-state index is 12.6. The standard InChI is InChI=1S/C20H20N4O3S2/c1-13-18(28-20(23-13)17-4-2-3-11-21-17)19(25)22-12-14-5-9-16(10-6-14)29(26,27)24-15-7-8-15/h2-6,9-11,15,24H,7-8,12H2,1H3,(H,22,25). The lowest BCUT2D eigenvalue weighted by Gasteiger charge is -2.07. The minimum Gasteiger partial charge on any atom is -0.347 e. The molecular formula is C20H20N4O3S2. The van der Waals surface area contributed by atoms with Crippen LogP contribution >= 0.6 is 11.3 Å². The Kier molecular flexibility index (Phi) is 5.44. The molecule has 1 aliphatic rings. The second-order valence-electron chi connectivity index (χ2n) is 6.87. The number of nitrogens with zero attached hydrogens (tertiary/aromatic N) is 2. The van der Waals surface area contributed by atoms with Gasteiger partial charge in [-0.1, -0.05) is 18.2 Å². The first-order chi connectivity index (χ1) is 13.9. The fraction of sp³-hybridized carbons (Fsp3) is 0.250. The Morgan fingerprint density at radius 3 is 2.59 bits per heavy atom. The van der Waals surface area contributed by atoms with E-state index in [9.17, 15) is 13.2 Å². The third-order valence-corrected chi connectivity index (χ3v) is 7.19. The number of amides is 1. The third-order valence-electron chi connectivity index (χ3n) is 4.47. The minimum atomic E-state index is -3.47. The molecule has 0 spiro atoms. The second-order valence-corrected chi connectivity index (χ2v) is 9.58. The topological polar surface area (TPSA) is 101 Å². The highest BCUT2D eigenvalue weighted by molar-refractivity contribution is 7.89. The number of pyridine rings is 1. The van der Waals surface area contributed by atoms with Crippen LogP contribution in [0.2, 0.25) is 0 Å². The van der Waals surface area contributed by atoms with E-state index in [0.29, 0.717) is 22.1 Å². The van der Waals surface area contributed by atoms with Gasteiger partial charge >= 0.3 is 0 Å². The molecule has 150 valence electrons. The predicted octanol–water partition coefficient (Wildman–Crippen LogP) is 2.88. The molecule has 0 radical (unpaired) electrons. The zero-order chi connectivity index (χ0) is 20.4. The van der Waals surface area contributed by atoms with Crippen molar-refractivity contribution < 1.29 is 13.2 Å². The fourth-order valence-electron chi connectivity index (χ4n) is 2.74. The van der Waals surface area contributed by atoms with Crippen LogP contribution in [0, 0.1) is 6.92 Å². The molecule has 2 heterocycles. The number of carbonyl (C=O) groups excluding carboxylic acids is 1. The van der Waals surface area contributed by atoms with Gasteiger partial charge in [0.15, 0.2) is 0 Å². The van der Waals surface area contributed by atoms with Gasteiger partial charge < -0.3 is 5.32 Å². The second kappa shape index (κ2) is 8.02. The predicted molar refractivity (Wildman–Crippen MR) is 111 cm³/mol. The van der Waals surface area contributed by atoms with Crippen LogP contribution in [-0.4, -0.2) is 30.3 Å². The van der Waals surface area contributed by atoms with E-state index in [1.165, 1.54) is 11.3 Å². The highest BCUT2D eigenvalue weighted by Crippen LogP contribution is 2.26. The number of hydrogen-bond donors (Lipinski definition) is 2. The molecular weight excluding hydrogens is 408 g/mol. The first-order valence-electron chi connectivity index (χ1n) is 9.21. The van der Waals surface area contributed by atoms with Crippen LogP contribution in [0.1, 0.15) is 33.8 Å². The van der Waals surface area contributed by atoms with Crippen LogP contribution in [0.5, 0.6) is 0 Å². The SMILES string of the molecule is Cc1nc(-c2ccccn2)sc1C(=O)NCc1ccc(S(=O)(=O)NC2CC2)cc1. The maximum absolute atomic E-state index is 12.6. The Morgan fingerprint density at radius 1 is 1.17 bits per heavy atom. The van der Waals surface area contributed by atoms with Gasteiger partial charge in [0.1, 0.15) is 9.88 Å². The molecule has 1 fully saturated rings. The average molecular weight is 429 g/mol. The van der Waals surface area contributed by atoms with E-state index in [0.717, 1.165) is 24.1 Å². The molecule has 0 bridgehead atoms. The summed E-state index contributed by atoms with van der Waals surface area (Å²) >= 11 is 1.30. The summed E-state index contributed by atoms with van der Waals surface area (Å²) in [5, 5.41) is 3.57. The van der Waals surface area contributed by atoms with E-state index < -0.39 is 10.0 Å². The van der Waals surface area contributed by atoms with Gasteiger partial charge in [-0.3, -0.25) is 9.78 Å². The van der Waals surface area contributed by atoms with Crippen molar-refractivity contribution in [2.24, 2.45) is 0 Å². The zero-order valence-corrected chi connectivity index (χ0v) is 17.4. The average Bonchev–Trinajstić information content (AvgIpc) is 3.44. The molecule has 9 heteroatoms. The third kappa shape index (κ3) is 4.69. The molecule has 29 heavy (non-hydrogen) atoms. The first-order valence-corrected chi connectivity index (χ1v) is 11.5. The van der Waals surface area contributed by atoms with Gasteiger partial charge in [0.25, 0.3) is 5.91 Å². The minimum absolute atomic E-state index is 0.0672. The lowest BCUT2D eigenvalue weighted by molar-refractivity contribution is 0.0954. The van der Waals surface area contributed by atoms with E-state index in [2.05, 4.69) is 20.0 Å². The number of sulfonamides is 1. The van der Waals surface area contributed by atoms with Crippen LogP contribution in [0.4, 0.5) is 0 Å². The van der Waals surface area contributed by atoms with Crippen LogP contribution in [0.25, 0.3) is 10.7 Å². The first kappa shape index (κ1) is 19.7. The summed E-state index contributed by atoms with van der Waals surface area (Å²) in [6, 6.07) is 12.2. The molecule has 3 aromatic rings. The summed E-state index contributed by atoms with van der Waals surface area (Å²) in [5.41, 5.74) is 2.20. The Balaban J connectivity index is 1.40. The van der Waals surface area contributed by atoms with Crippen molar-refractivity contribution in [3.05, 3.63) is 64.8 Å². The molecule has 0 aliphatic heterocycles. The molecule has 0 saturated heterocycles. The van der Waals surface area contributed by atoms with Gasteiger partial charge in [0, 0.05) is 18.8 Å². The summed E-state index contributed by atoms with van der Waals surface area (Å²) in [4.78, 5) is 22.1. The summed E-state index contributed by atoms with van der Waals surface area (Å²) in [7, 11) is -3.47. The van der Waals surface area contributed by atoms with Crippen molar-refractivity contribution in [1.29, 1.82) is 0 Å². The molecule has 1 saturated carbocycles. The molecule has 1 aromatic carbocycles. The highest BCUT2D eigenvalue weighted by atomic mass is 32.2. The van der Waals surface area contributed by atoms with Crippen LogP contribution < -0.4 is 10.0 Å². The summed E-state index contributed by atoms with van der Waals surface area (Å²) in [6.45, 7) is 2.09. The lowest BCUT2D eigenvalue weighted by atomic mass is 10.2. The Labute approximate surface area is 173 Å². The number of nitrogens with one attached hydrogen (secondary N) is 2. The van der Waals surface area contributed by atoms with Gasteiger partial charge in [-0.25, -0.2) is 18.1 Å². The molecule has 0 atom stereocenters. The Morgan fingerprint density at radius 2 is 1.93 bits per heavy atom. The van der Waals surface area contributed by atoms with Gasteiger partial charge in [0.05, 0.1) is 16.3 Å². The number of thiazole rings is 1. The lowest BCUT2D eigenvalue weighted by Crippen LogP contribution is -2.26. The molecule has 1 amide bonds. The Hall–Kier alpha value is -2.62. The van der Waals surface area contributed by atoms with Crippen LogP contribution in [0.3, 0.4) is 0 Å². The smallest absolute Gasteiger partial charge is 0.263 e. The summed E-state index contributed by atoms with van der Waals surface area (Å²) < 4.78 is 27.1. The van der Waals surface area contributed by atoms with Crippen molar-refractivity contribution in [2.45, 2.75) is 37.2 Å². The molecule has 7 nitrogen and oxygen atoms in total. The van der Waals surface area contributed by atoms with E-state index >= 15 is 0 Å². The summed E-state index contributed by atoms with van der Waals surface area (Å²) in [5.74, 6) is -0.214. The van der Waals surface area contributed by atoms with Crippen molar-refractivity contribution in [3.8, 4) is 10.7 Å². The van der Waals surface area contributed by atoms with Crippen molar-refractivity contribution in [2.75, 3.05) is 0 Å². The molecule has 1 aliphatic carbocycles. The molecule has 4 rings (SSSR count). The molecule has 2 aromatic heterocycles. The van der Waals surface area contributed by atoms with Gasteiger partial charge in [-0.2, -0.15) is 0 Å². The van der Waals surface area contributed by atoms with Crippen LogP contribution in [0.15, 0.2) is 53.6 Å². The quantitative estimate of drug-likeness (QED) is 0.603. The number of rotatable bonds is 7. The van der Waals surface area contributed by atoms with Gasteiger partial charge in [0.2, 0.25) is 10.0 Å². The number of aryl methyl sites for hydroxylation is 1. The van der Waals surface area contributed by atoms with Crippen LogP contribution in [-0.2, 0) is 16.6 Å². The molecule has 0 unspecified atom stereocenters.